The highest BCUT2D eigenvalue weighted by Crippen LogP contribution is 2.34. The van der Waals surface area contributed by atoms with E-state index in [-0.39, 0.29) is 11.7 Å². The summed E-state index contributed by atoms with van der Waals surface area (Å²) >= 11 is 0. The molecule has 0 bridgehead atoms. The quantitative estimate of drug-likeness (QED) is 0.440. The van der Waals surface area contributed by atoms with E-state index in [0.29, 0.717) is 30.3 Å². The number of ether oxygens (including phenoxy) is 1. The predicted octanol–water partition coefficient (Wildman–Crippen LogP) is 4.45. The van der Waals surface area contributed by atoms with Crippen LogP contribution in [0.4, 0.5) is 4.39 Å². The summed E-state index contributed by atoms with van der Waals surface area (Å²) in [5, 5.41) is 24.8. The molecule has 1 saturated heterocycles. The van der Waals surface area contributed by atoms with Crippen molar-refractivity contribution in [1.29, 1.82) is 0 Å². The topological polar surface area (TPSA) is 89.2 Å². The smallest absolute Gasteiger partial charge is 0.152 e. The first kappa shape index (κ1) is 23.2. The lowest BCUT2D eigenvalue weighted by molar-refractivity contribution is 0.199. The minimum atomic E-state index is -0.391. The normalized spacial score (nSPS) is 15.1. The minimum Gasteiger partial charge on any atom is -0.506 e. The van der Waals surface area contributed by atoms with Crippen molar-refractivity contribution in [1.82, 2.24) is 29.9 Å². The minimum absolute atomic E-state index is 0.201. The third-order valence-corrected chi connectivity index (χ3v) is 6.70. The SMILES string of the molecule is CCOc1ccc(-n2nc3c(C4CCN(Cc5ncccc5O)CC4)nnc(C)c3c2C)c(F)c1. The summed E-state index contributed by atoms with van der Waals surface area (Å²) < 4.78 is 22.0. The van der Waals surface area contributed by atoms with Gasteiger partial charge in [0.05, 0.1) is 29.4 Å². The van der Waals surface area contributed by atoms with E-state index in [2.05, 4.69) is 20.1 Å². The van der Waals surface area contributed by atoms with Crippen LogP contribution in [0.5, 0.6) is 11.5 Å². The Hall–Kier alpha value is -3.59. The first-order valence-electron chi connectivity index (χ1n) is 12.0. The third kappa shape index (κ3) is 4.43. The van der Waals surface area contributed by atoms with Crippen molar-refractivity contribution in [3.05, 3.63) is 65.1 Å². The number of nitrogens with zero attached hydrogens (tertiary/aromatic N) is 6. The van der Waals surface area contributed by atoms with E-state index in [0.717, 1.165) is 53.9 Å². The van der Waals surface area contributed by atoms with Gasteiger partial charge in [-0.2, -0.15) is 15.3 Å². The Kier molecular flexibility index (Phi) is 6.34. The summed E-state index contributed by atoms with van der Waals surface area (Å²) in [6.07, 6.45) is 3.49. The molecular weight excluding hydrogens is 447 g/mol. The van der Waals surface area contributed by atoms with E-state index in [1.54, 1.807) is 35.1 Å². The summed E-state index contributed by atoms with van der Waals surface area (Å²) in [6, 6.07) is 8.24. The molecule has 3 aromatic heterocycles. The molecule has 1 aliphatic rings. The summed E-state index contributed by atoms with van der Waals surface area (Å²) in [7, 11) is 0. The lowest BCUT2D eigenvalue weighted by atomic mass is 9.92. The molecule has 5 rings (SSSR count). The highest BCUT2D eigenvalue weighted by Gasteiger charge is 2.27. The van der Waals surface area contributed by atoms with Crippen LogP contribution in [0.3, 0.4) is 0 Å². The first-order valence-corrected chi connectivity index (χ1v) is 12.0. The van der Waals surface area contributed by atoms with Crippen LogP contribution in [-0.2, 0) is 6.54 Å². The van der Waals surface area contributed by atoms with Gasteiger partial charge in [0, 0.05) is 30.1 Å². The lowest BCUT2D eigenvalue weighted by Crippen LogP contribution is -2.33. The Morgan fingerprint density at radius 1 is 1.14 bits per heavy atom. The summed E-state index contributed by atoms with van der Waals surface area (Å²) in [4.78, 5) is 6.59. The number of aryl methyl sites for hydroxylation is 2. The molecular formula is C26H29FN6O2. The fourth-order valence-corrected chi connectivity index (χ4v) is 4.89. The van der Waals surface area contributed by atoms with Crippen molar-refractivity contribution >= 4 is 10.9 Å². The van der Waals surface area contributed by atoms with Crippen molar-refractivity contribution < 1.29 is 14.2 Å². The molecule has 0 saturated carbocycles. The molecule has 8 nitrogen and oxygen atoms in total. The lowest BCUT2D eigenvalue weighted by Gasteiger charge is -2.31. The first-order chi connectivity index (χ1) is 17.0. The van der Waals surface area contributed by atoms with Gasteiger partial charge in [-0.25, -0.2) is 9.07 Å². The van der Waals surface area contributed by atoms with E-state index in [9.17, 15) is 9.50 Å². The van der Waals surface area contributed by atoms with Gasteiger partial charge in [-0.15, -0.1) is 0 Å². The van der Waals surface area contributed by atoms with Crippen molar-refractivity contribution in [2.45, 2.75) is 46.1 Å². The van der Waals surface area contributed by atoms with E-state index < -0.39 is 5.82 Å². The molecule has 1 aliphatic heterocycles. The zero-order valence-electron chi connectivity index (χ0n) is 20.2. The number of benzene rings is 1. The van der Waals surface area contributed by atoms with Crippen LogP contribution in [-0.4, -0.2) is 54.7 Å². The second-order valence-corrected chi connectivity index (χ2v) is 8.96. The molecule has 9 heteroatoms. The molecule has 35 heavy (non-hydrogen) atoms. The molecule has 4 heterocycles. The van der Waals surface area contributed by atoms with Crippen molar-refractivity contribution in [2.24, 2.45) is 0 Å². The monoisotopic (exact) mass is 476 g/mol. The molecule has 0 radical (unpaired) electrons. The highest BCUT2D eigenvalue weighted by atomic mass is 19.1. The number of aromatic hydroxyl groups is 1. The Balaban J connectivity index is 1.42. The Morgan fingerprint density at radius 3 is 2.66 bits per heavy atom. The number of piperidine rings is 1. The number of aromatic nitrogens is 5. The molecule has 0 amide bonds. The molecule has 4 aromatic rings. The molecule has 1 aromatic carbocycles. The summed E-state index contributed by atoms with van der Waals surface area (Å²) in [5.41, 5.74) is 4.32. The molecule has 182 valence electrons. The molecule has 1 N–H and O–H groups in total. The number of fused-ring (bicyclic) bond motifs is 1. The molecule has 1 fully saturated rings. The van der Waals surface area contributed by atoms with Gasteiger partial charge in [-0.1, -0.05) is 0 Å². The van der Waals surface area contributed by atoms with Crippen LogP contribution < -0.4 is 4.74 Å². The molecule has 0 unspecified atom stereocenters. The van der Waals surface area contributed by atoms with Crippen molar-refractivity contribution in [2.75, 3.05) is 19.7 Å². The van der Waals surface area contributed by atoms with Crippen LogP contribution in [0.2, 0.25) is 0 Å². The average molecular weight is 477 g/mol. The summed E-state index contributed by atoms with van der Waals surface area (Å²) in [5.74, 6) is 0.530. The van der Waals surface area contributed by atoms with Crippen LogP contribution in [0, 0.1) is 19.7 Å². The van der Waals surface area contributed by atoms with E-state index in [4.69, 9.17) is 9.84 Å². The maximum atomic E-state index is 15.0. The number of hydrogen-bond acceptors (Lipinski definition) is 7. The molecule has 0 spiro atoms. The van der Waals surface area contributed by atoms with Crippen molar-refractivity contribution in [3.63, 3.8) is 0 Å². The maximum absolute atomic E-state index is 15.0. The fourth-order valence-electron chi connectivity index (χ4n) is 4.89. The standard InChI is InChI=1S/C26H29FN6O2/c1-4-35-19-7-8-22(20(27)14-19)33-17(3)24-16(2)29-30-25(26(24)31-33)18-9-12-32(13-10-18)15-21-23(34)6-5-11-28-21/h5-8,11,14,18,34H,4,9-10,12-13,15H2,1-3H3. The van der Waals surface area contributed by atoms with Gasteiger partial charge >= 0.3 is 0 Å². The van der Waals surface area contributed by atoms with Crippen LogP contribution in [0.15, 0.2) is 36.5 Å². The fraction of sp³-hybridized carbons (Fsp3) is 0.385. The Morgan fingerprint density at radius 2 is 1.94 bits per heavy atom. The van der Waals surface area contributed by atoms with E-state index in [1.807, 2.05) is 20.8 Å². The number of pyridine rings is 1. The van der Waals surface area contributed by atoms with Gasteiger partial charge in [0.2, 0.25) is 0 Å². The number of rotatable bonds is 6. The zero-order chi connectivity index (χ0) is 24.5. The Labute approximate surface area is 203 Å². The maximum Gasteiger partial charge on any atom is 0.152 e. The van der Waals surface area contributed by atoms with E-state index >= 15 is 0 Å². The van der Waals surface area contributed by atoms with Crippen molar-refractivity contribution in [3.8, 4) is 17.2 Å². The second kappa shape index (κ2) is 9.58. The van der Waals surface area contributed by atoms with Gasteiger partial charge in [-0.05, 0) is 71.0 Å². The number of halogens is 1. The number of likely N-dealkylation sites (tertiary alicyclic amines) is 1. The van der Waals surface area contributed by atoms with E-state index in [1.165, 1.54) is 6.07 Å². The second-order valence-electron chi connectivity index (χ2n) is 8.96. The van der Waals surface area contributed by atoms with Gasteiger partial charge in [0.25, 0.3) is 0 Å². The zero-order valence-corrected chi connectivity index (χ0v) is 20.2. The van der Waals surface area contributed by atoms with Crippen LogP contribution in [0.25, 0.3) is 16.6 Å². The highest BCUT2D eigenvalue weighted by molar-refractivity contribution is 5.86. The van der Waals surface area contributed by atoms with Gasteiger partial charge in [0.15, 0.2) is 5.82 Å². The summed E-state index contributed by atoms with van der Waals surface area (Å²) in [6.45, 7) is 8.51. The number of hydrogen-bond donors (Lipinski definition) is 1. The third-order valence-electron chi connectivity index (χ3n) is 6.70. The van der Waals surface area contributed by atoms with Gasteiger partial charge < -0.3 is 9.84 Å². The average Bonchev–Trinajstić information content (AvgIpc) is 3.19. The van der Waals surface area contributed by atoms with Gasteiger partial charge in [-0.3, -0.25) is 9.88 Å². The van der Waals surface area contributed by atoms with Crippen LogP contribution in [0.1, 0.15) is 48.5 Å². The van der Waals surface area contributed by atoms with Gasteiger partial charge in [0.1, 0.15) is 22.7 Å². The largest absolute Gasteiger partial charge is 0.506 e. The Bertz CT molecular complexity index is 1360. The molecule has 0 aliphatic carbocycles. The predicted molar refractivity (Wildman–Crippen MR) is 130 cm³/mol. The van der Waals surface area contributed by atoms with Crippen LogP contribution >= 0.6 is 0 Å². The molecule has 0 atom stereocenters.